The molecule has 11 nitrogen and oxygen atoms in total. The molecule has 0 N–H and O–H groups in total. The van der Waals surface area contributed by atoms with Gasteiger partial charge in [-0.2, -0.15) is 0 Å². The van der Waals surface area contributed by atoms with Crippen LogP contribution in [-0.4, -0.2) is 70.1 Å². The minimum absolute atomic E-state index is 0.356. The van der Waals surface area contributed by atoms with Gasteiger partial charge in [0.05, 0.1) is 68.0 Å². The number of methoxy groups -OCH3 is 9. The second-order valence-corrected chi connectivity index (χ2v) is 11.5. The van der Waals surface area contributed by atoms with Crippen LogP contribution in [0, 0.1) is 0 Å². The zero-order valence-corrected chi connectivity index (χ0v) is 29.7. The monoisotopic (exact) mass is 686 g/mol. The zero-order valence-electron chi connectivity index (χ0n) is 29.7. The smallest absolute Gasteiger partial charge is 0.161 e. The van der Waals surface area contributed by atoms with E-state index in [2.05, 4.69) is 0 Å². The van der Waals surface area contributed by atoms with Crippen LogP contribution in [0.15, 0.2) is 60.7 Å². The molecule has 4 aromatic rings. The van der Waals surface area contributed by atoms with E-state index in [4.69, 9.17) is 52.1 Å². The lowest BCUT2D eigenvalue weighted by Gasteiger charge is -2.37. The first-order valence-corrected chi connectivity index (χ1v) is 15.9. The fourth-order valence-corrected chi connectivity index (χ4v) is 6.62. The van der Waals surface area contributed by atoms with E-state index in [0.29, 0.717) is 75.0 Å². The van der Waals surface area contributed by atoms with Crippen LogP contribution in [0.25, 0.3) is 5.57 Å². The molecule has 50 heavy (non-hydrogen) atoms. The van der Waals surface area contributed by atoms with Crippen molar-refractivity contribution in [2.45, 2.75) is 24.7 Å². The largest absolute Gasteiger partial charge is 0.496 e. The van der Waals surface area contributed by atoms with Crippen LogP contribution >= 0.6 is 0 Å². The Bertz CT molecular complexity index is 1900. The van der Waals surface area contributed by atoms with Crippen molar-refractivity contribution in [2.75, 3.05) is 64.0 Å². The van der Waals surface area contributed by atoms with Crippen LogP contribution in [0.5, 0.6) is 57.5 Å². The van der Waals surface area contributed by atoms with Gasteiger partial charge in [0, 0.05) is 48.4 Å². The summed E-state index contributed by atoms with van der Waals surface area (Å²) in [6.45, 7) is 0. The summed E-state index contributed by atoms with van der Waals surface area (Å²) < 4.78 is 65.7. The van der Waals surface area contributed by atoms with Crippen LogP contribution in [0.2, 0.25) is 0 Å². The maximum absolute atomic E-state index is 7.04. The molecule has 0 aromatic heterocycles. The molecule has 2 heterocycles. The average molecular weight is 687 g/mol. The summed E-state index contributed by atoms with van der Waals surface area (Å²) in [5.41, 5.74) is 4.68. The number of hydrogen-bond acceptors (Lipinski definition) is 11. The summed E-state index contributed by atoms with van der Waals surface area (Å²) in [6, 6.07) is 16.9. The second kappa shape index (κ2) is 14.6. The summed E-state index contributed by atoms with van der Waals surface area (Å²) in [4.78, 5) is 0. The number of hydrogen-bond donors (Lipinski definition) is 0. The first kappa shape index (κ1) is 34.4. The van der Waals surface area contributed by atoms with E-state index in [1.54, 1.807) is 64.0 Å². The van der Waals surface area contributed by atoms with Gasteiger partial charge in [-0.15, -0.1) is 0 Å². The van der Waals surface area contributed by atoms with Crippen LogP contribution < -0.4 is 47.4 Å². The Hall–Kier alpha value is -5.42. The summed E-state index contributed by atoms with van der Waals surface area (Å²) in [6.07, 6.45) is 1.07. The van der Waals surface area contributed by atoms with Gasteiger partial charge >= 0.3 is 0 Å². The summed E-state index contributed by atoms with van der Waals surface area (Å²) in [5.74, 6) is 5.76. The van der Waals surface area contributed by atoms with Gasteiger partial charge in [-0.05, 0) is 35.9 Å². The van der Waals surface area contributed by atoms with Gasteiger partial charge in [0.2, 0.25) is 0 Å². The Morgan fingerprint density at radius 3 is 1.68 bits per heavy atom. The van der Waals surface area contributed by atoms with E-state index < -0.39 is 12.2 Å². The van der Waals surface area contributed by atoms with E-state index in [9.17, 15) is 0 Å². The minimum Gasteiger partial charge on any atom is -0.496 e. The second-order valence-electron chi connectivity index (χ2n) is 11.5. The Balaban J connectivity index is 1.61. The Kier molecular flexibility index (Phi) is 10.1. The molecule has 3 atom stereocenters. The van der Waals surface area contributed by atoms with Crippen molar-refractivity contribution in [3.8, 4) is 57.5 Å². The molecule has 0 radical (unpaired) electrons. The van der Waals surface area contributed by atoms with Gasteiger partial charge in [0.25, 0.3) is 0 Å². The van der Waals surface area contributed by atoms with Gasteiger partial charge in [-0.25, -0.2) is 0 Å². The predicted octanol–water partition coefficient (Wildman–Crippen LogP) is 7.01. The van der Waals surface area contributed by atoms with Crippen molar-refractivity contribution in [1.29, 1.82) is 0 Å². The van der Waals surface area contributed by atoms with E-state index in [1.807, 2.05) is 60.7 Å². The quantitative estimate of drug-likeness (QED) is 0.154. The normalized spacial score (nSPS) is 17.5. The van der Waals surface area contributed by atoms with Crippen molar-refractivity contribution in [3.63, 3.8) is 0 Å². The van der Waals surface area contributed by atoms with Gasteiger partial charge < -0.3 is 52.1 Å². The number of ether oxygens (including phenoxy) is 11. The van der Waals surface area contributed by atoms with E-state index >= 15 is 0 Å². The lowest BCUT2D eigenvalue weighted by atomic mass is 9.85. The predicted molar refractivity (Wildman–Crippen MR) is 187 cm³/mol. The highest BCUT2D eigenvalue weighted by Gasteiger charge is 2.39. The fraction of sp³-hybridized carbons (Fsp3) is 0.333. The molecule has 0 bridgehead atoms. The molecule has 0 fully saturated rings. The first-order valence-electron chi connectivity index (χ1n) is 15.9. The van der Waals surface area contributed by atoms with Crippen molar-refractivity contribution in [2.24, 2.45) is 0 Å². The van der Waals surface area contributed by atoms with Crippen LogP contribution in [-0.2, 0) is 11.2 Å². The maximum Gasteiger partial charge on any atom is 0.161 e. The summed E-state index contributed by atoms with van der Waals surface area (Å²) >= 11 is 0. The summed E-state index contributed by atoms with van der Waals surface area (Å²) in [5, 5.41) is 0. The Morgan fingerprint density at radius 1 is 0.520 bits per heavy atom. The third kappa shape index (κ3) is 6.02. The Labute approximate surface area is 292 Å². The van der Waals surface area contributed by atoms with Crippen LogP contribution in [0.1, 0.15) is 40.0 Å². The standard InChI is InChI=1S/C39H42O11/c1-40-23-16-32(46-7)36-25(19-28(49-34(36)17-23)21-10-12-26(41-2)30(14-21)44-5)37-33(47-8)20-29(43-4)24-18-35(48-9)38(50-39(24)37)22-11-13-27(42-3)31(15-22)45-6/h10-17,19-20,28,35,38H,18H2,1-9H3. The molecule has 0 amide bonds. The van der Waals surface area contributed by atoms with E-state index in [0.717, 1.165) is 22.3 Å². The highest BCUT2D eigenvalue weighted by molar-refractivity contribution is 5.93. The molecule has 0 spiro atoms. The summed E-state index contributed by atoms with van der Waals surface area (Å²) in [7, 11) is 14.5. The lowest BCUT2D eigenvalue weighted by Crippen LogP contribution is -2.33. The molecule has 2 aliphatic rings. The molecule has 3 unspecified atom stereocenters. The van der Waals surface area contributed by atoms with Crippen LogP contribution in [0.4, 0.5) is 0 Å². The van der Waals surface area contributed by atoms with Crippen molar-refractivity contribution in [3.05, 3.63) is 88.5 Å². The van der Waals surface area contributed by atoms with Gasteiger partial charge in [0.15, 0.2) is 29.1 Å². The molecule has 4 aromatic carbocycles. The van der Waals surface area contributed by atoms with Crippen molar-refractivity contribution in [1.82, 2.24) is 0 Å². The fourth-order valence-electron chi connectivity index (χ4n) is 6.62. The Morgan fingerprint density at radius 2 is 1.10 bits per heavy atom. The number of rotatable bonds is 12. The molecule has 6 rings (SSSR count). The van der Waals surface area contributed by atoms with E-state index in [1.165, 1.54) is 0 Å². The number of fused-ring (bicyclic) bond motifs is 2. The average Bonchev–Trinajstić information content (AvgIpc) is 3.17. The topological polar surface area (TPSA) is 102 Å². The van der Waals surface area contributed by atoms with Gasteiger partial charge in [-0.3, -0.25) is 0 Å². The SMILES string of the molecule is COc1cc(OC)c2c(c1)OC(c1ccc(OC)c(OC)c1)C=C2c1c(OC)cc(OC)c2c1OC(c1ccc(OC)c(OC)c1)C(OC)C2. The number of benzene rings is 4. The maximum atomic E-state index is 7.04. The lowest BCUT2D eigenvalue weighted by molar-refractivity contribution is -0.0123. The molecule has 0 aliphatic carbocycles. The van der Waals surface area contributed by atoms with Gasteiger partial charge in [-0.1, -0.05) is 12.1 Å². The minimum atomic E-state index is -0.562. The van der Waals surface area contributed by atoms with Crippen LogP contribution in [0.3, 0.4) is 0 Å². The highest BCUT2D eigenvalue weighted by Crippen LogP contribution is 2.55. The highest BCUT2D eigenvalue weighted by atomic mass is 16.5. The molecule has 11 heteroatoms. The molecule has 0 saturated carbocycles. The molecular weight excluding hydrogens is 644 g/mol. The van der Waals surface area contributed by atoms with Crippen molar-refractivity contribution >= 4 is 5.57 Å². The van der Waals surface area contributed by atoms with Crippen molar-refractivity contribution < 1.29 is 52.1 Å². The first-order chi connectivity index (χ1) is 24.4. The zero-order chi connectivity index (χ0) is 35.5. The molecule has 2 aliphatic heterocycles. The molecular formula is C39H42O11. The molecule has 0 saturated heterocycles. The molecule has 264 valence electrons. The third-order valence-corrected chi connectivity index (χ3v) is 9.12. The third-order valence-electron chi connectivity index (χ3n) is 9.12. The van der Waals surface area contributed by atoms with Gasteiger partial charge in [0.1, 0.15) is 46.7 Å². The van der Waals surface area contributed by atoms with E-state index in [-0.39, 0.29) is 6.10 Å².